The number of anilines is 3. The van der Waals surface area contributed by atoms with Crippen LogP contribution in [0.4, 0.5) is 30.8 Å². The summed E-state index contributed by atoms with van der Waals surface area (Å²) in [5, 5.41) is 8.47. The molecular formula is C19H18F3N7O2. The molecule has 2 saturated heterocycles. The van der Waals surface area contributed by atoms with E-state index in [0.717, 1.165) is 0 Å². The van der Waals surface area contributed by atoms with Crippen molar-refractivity contribution in [3.63, 3.8) is 0 Å². The molecule has 0 spiro atoms. The van der Waals surface area contributed by atoms with Gasteiger partial charge in [-0.05, 0) is 6.42 Å². The van der Waals surface area contributed by atoms with Gasteiger partial charge in [0.1, 0.15) is 17.0 Å². The van der Waals surface area contributed by atoms with E-state index in [2.05, 4.69) is 30.9 Å². The number of nitrogens with zero attached hydrogens (tertiary/aromatic N) is 4. The SMILES string of the molecule is O=C1CC(Nc2ncc3nc(Nc4c(F)cc(F)cc4F)n(C4CCOC4)c3n2)CN1. The van der Waals surface area contributed by atoms with Gasteiger partial charge in [-0.25, -0.2) is 23.1 Å². The number of hydrogen-bond donors (Lipinski definition) is 3. The average Bonchev–Trinajstić information content (AvgIpc) is 3.44. The molecule has 0 saturated carbocycles. The standard InChI is InChI=1S/C19H18F3N7O2/c20-9-3-12(21)16(13(22)4-9)27-19-26-14-7-24-18(25-10-5-15(30)23-6-10)28-17(14)29(19)11-1-2-31-8-11/h3-4,7,10-11H,1-2,5-6,8H2,(H,23,30)(H,26,27)(H,24,25,28). The molecule has 0 aliphatic carbocycles. The van der Waals surface area contributed by atoms with Crippen LogP contribution in [-0.2, 0) is 9.53 Å². The Kier molecular flexibility index (Phi) is 4.85. The normalized spacial score (nSPS) is 20.9. The number of imidazole rings is 1. The van der Waals surface area contributed by atoms with Crippen LogP contribution in [0.15, 0.2) is 18.3 Å². The Morgan fingerprint density at radius 1 is 1.19 bits per heavy atom. The number of carbonyl (C=O) groups is 1. The molecule has 4 heterocycles. The molecule has 3 aromatic rings. The van der Waals surface area contributed by atoms with Crippen molar-refractivity contribution in [1.82, 2.24) is 24.8 Å². The van der Waals surface area contributed by atoms with E-state index < -0.39 is 23.1 Å². The summed E-state index contributed by atoms with van der Waals surface area (Å²) >= 11 is 0. The Balaban J connectivity index is 1.54. The maximum Gasteiger partial charge on any atom is 0.225 e. The first-order valence-electron chi connectivity index (χ1n) is 9.75. The molecule has 2 unspecified atom stereocenters. The number of ether oxygens (including phenoxy) is 1. The van der Waals surface area contributed by atoms with Crippen molar-refractivity contribution in [3.05, 3.63) is 35.8 Å². The van der Waals surface area contributed by atoms with Crippen LogP contribution in [0.1, 0.15) is 18.9 Å². The van der Waals surface area contributed by atoms with Gasteiger partial charge in [0, 0.05) is 31.7 Å². The highest BCUT2D eigenvalue weighted by Crippen LogP contribution is 2.32. The maximum atomic E-state index is 14.2. The van der Waals surface area contributed by atoms with Crippen molar-refractivity contribution in [3.8, 4) is 0 Å². The minimum atomic E-state index is -1.08. The molecule has 3 N–H and O–H groups in total. The first-order valence-corrected chi connectivity index (χ1v) is 9.75. The molecule has 0 radical (unpaired) electrons. The van der Waals surface area contributed by atoms with Crippen molar-refractivity contribution < 1.29 is 22.7 Å². The van der Waals surface area contributed by atoms with E-state index in [0.29, 0.717) is 61.8 Å². The minimum absolute atomic E-state index is 0.0541. The predicted molar refractivity (Wildman–Crippen MR) is 104 cm³/mol. The van der Waals surface area contributed by atoms with Crippen molar-refractivity contribution in [2.24, 2.45) is 0 Å². The van der Waals surface area contributed by atoms with Gasteiger partial charge in [-0.2, -0.15) is 4.98 Å². The average molecular weight is 433 g/mol. The Morgan fingerprint density at radius 2 is 2.00 bits per heavy atom. The highest BCUT2D eigenvalue weighted by atomic mass is 19.1. The second kappa shape index (κ2) is 7.69. The summed E-state index contributed by atoms with van der Waals surface area (Å²) in [6, 6.07) is 0.874. The summed E-state index contributed by atoms with van der Waals surface area (Å²) in [4.78, 5) is 24.6. The third-order valence-corrected chi connectivity index (χ3v) is 5.26. The number of fused-ring (bicyclic) bond motifs is 1. The fraction of sp³-hybridized carbons (Fsp3) is 0.368. The van der Waals surface area contributed by atoms with E-state index in [1.807, 2.05) is 0 Å². The third-order valence-electron chi connectivity index (χ3n) is 5.26. The third kappa shape index (κ3) is 3.74. The predicted octanol–water partition coefficient (Wildman–Crippen LogP) is 2.25. The number of rotatable bonds is 5. The molecule has 5 rings (SSSR count). The molecule has 2 aliphatic heterocycles. The van der Waals surface area contributed by atoms with Gasteiger partial charge in [0.2, 0.25) is 17.8 Å². The summed E-state index contributed by atoms with van der Waals surface area (Å²) in [5.74, 6) is -2.78. The van der Waals surface area contributed by atoms with Crippen LogP contribution in [0, 0.1) is 17.5 Å². The fourth-order valence-electron chi connectivity index (χ4n) is 3.78. The van der Waals surface area contributed by atoms with Gasteiger partial charge in [0.15, 0.2) is 17.3 Å². The molecule has 0 bridgehead atoms. The number of amides is 1. The smallest absolute Gasteiger partial charge is 0.225 e. The summed E-state index contributed by atoms with van der Waals surface area (Å²) in [7, 11) is 0. The molecule has 2 aliphatic rings. The quantitative estimate of drug-likeness (QED) is 0.567. The van der Waals surface area contributed by atoms with Crippen LogP contribution in [-0.4, -0.2) is 51.2 Å². The molecule has 9 nitrogen and oxygen atoms in total. The maximum absolute atomic E-state index is 14.2. The van der Waals surface area contributed by atoms with E-state index in [1.165, 1.54) is 6.20 Å². The fourth-order valence-corrected chi connectivity index (χ4v) is 3.78. The van der Waals surface area contributed by atoms with Gasteiger partial charge in [-0.15, -0.1) is 0 Å². The number of halogens is 3. The van der Waals surface area contributed by atoms with Gasteiger partial charge < -0.3 is 20.7 Å². The lowest BCUT2D eigenvalue weighted by Crippen LogP contribution is -2.23. The Labute approximate surface area is 174 Å². The first-order chi connectivity index (χ1) is 15.0. The number of hydrogen-bond acceptors (Lipinski definition) is 7. The zero-order valence-corrected chi connectivity index (χ0v) is 16.2. The zero-order valence-electron chi connectivity index (χ0n) is 16.2. The summed E-state index contributed by atoms with van der Waals surface area (Å²) in [6.07, 6.45) is 2.46. The Bertz CT molecular complexity index is 1140. The van der Waals surface area contributed by atoms with Crippen LogP contribution in [0.2, 0.25) is 0 Å². The summed E-state index contributed by atoms with van der Waals surface area (Å²) < 4.78 is 48.9. The van der Waals surface area contributed by atoms with E-state index >= 15 is 0 Å². The molecule has 1 aromatic carbocycles. The minimum Gasteiger partial charge on any atom is -0.379 e. The van der Waals surface area contributed by atoms with E-state index in [4.69, 9.17) is 4.74 Å². The van der Waals surface area contributed by atoms with Crippen LogP contribution >= 0.6 is 0 Å². The van der Waals surface area contributed by atoms with Crippen LogP contribution in [0.25, 0.3) is 11.2 Å². The molecule has 2 aromatic heterocycles. The summed E-state index contributed by atoms with van der Waals surface area (Å²) in [5.41, 5.74) is 0.331. The largest absolute Gasteiger partial charge is 0.379 e. The van der Waals surface area contributed by atoms with Gasteiger partial charge in [0.25, 0.3) is 0 Å². The van der Waals surface area contributed by atoms with Gasteiger partial charge >= 0.3 is 0 Å². The molecule has 31 heavy (non-hydrogen) atoms. The molecule has 2 atom stereocenters. The number of benzene rings is 1. The van der Waals surface area contributed by atoms with E-state index in [9.17, 15) is 18.0 Å². The molecule has 162 valence electrons. The van der Waals surface area contributed by atoms with Crippen LogP contribution in [0.5, 0.6) is 0 Å². The Morgan fingerprint density at radius 3 is 2.68 bits per heavy atom. The Hall–Kier alpha value is -3.41. The van der Waals surface area contributed by atoms with Crippen LogP contribution in [0.3, 0.4) is 0 Å². The van der Waals surface area contributed by atoms with Gasteiger partial charge in [0.05, 0.1) is 24.9 Å². The van der Waals surface area contributed by atoms with Gasteiger partial charge in [-0.1, -0.05) is 0 Å². The number of nitrogens with one attached hydrogen (secondary N) is 3. The monoisotopic (exact) mass is 433 g/mol. The van der Waals surface area contributed by atoms with E-state index in [-0.39, 0.29) is 23.9 Å². The molecule has 2 fully saturated rings. The van der Waals surface area contributed by atoms with Crippen molar-refractivity contribution in [2.45, 2.75) is 24.9 Å². The van der Waals surface area contributed by atoms with Crippen LogP contribution < -0.4 is 16.0 Å². The molecule has 1 amide bonds. The number of aromatic nitrogens is 4. The van der Waals surface area contributed by atoms with E-state index in [1.54, 1.807) is 4.57 Å². The van der Waals surface area contributed by atoms with Gasteiger partial charge in [-0.3, -0.25) is 9.36 Å². The van der Waals surface area contributed by atoms with Crippen molar-refractivity contribution >= 4 is 34.7 Å². The lowest BCUT2D eigenvalue weighted by atomic mass is 10.2. The number of carbonyl (C=O) groups excluding carboxylic acids is 1. The van der Waals surface area contributed by atoms with Crippen molar-refractivity contribution in [2.75, 3.05) is 30.4 Å². The highest BCUT2D eigenvalue weighted by molar-refractivity contribution is 5.80. The highest BCUT2D eigenvalue weighted by Gasteiger charge is 2.27. The zero-order chi connectivity index (χ0) is 21.5. The lowest BCUT2D eigenvalue weighted by molar-refractivity contribution is -0.119. The molecular weight excluding hydrogens is 415 g/mol. The lowest BCUT2D eigenvalue weighted by Gasteiger charge is -2.16. The van der Waals surface area contributed by atoms with Crippen molar-refractivity contribution in [1.29, 1.82) is 0 Å². The second-order valence-corrected chi connectivity index (χ2v) is 7.44. The first kappa shape index (κ1) is 19.5. The summed E-state index contributed by atoms with van der Waals surface area (Å²) in [6.45, 7) is 1.36. The topological polar surface area (TPSA) is 106 Å². The second-order valence-electron chi connectivity index (χ2n) is 7.44. The molecule has 12 heteroatoms.